The first-order valence-electron chi connectivity index (χ1n) is 9.73. The van der Waals surface area contributed by atoms with Crippen molar-refractivity contribution in [2.75, 3.05) is 13.7 Å². The molecule has 0 aromatic heterocycles. The van der Waals surface area contributed by atoms with E-state index >= 15 is 0 Å². The van der Waals surface area contributed by atoms with Gasteiger partial charge in [0.1, 0.15) is 18.4 Å². The standard InChI is InChI=1S/C23H27NO6/c1-5-29-19-12-10-17(11-13-19)21(25)24-20(15(2)3)23(27)30-14-16-6-8-18(9-7-16)22(26)28-4/h6-13,15,20H,5,14H2,1-4H3,(H,24,25)/t20-/m0/s1. The highest BCUT2D eigenvalue weighted by Crippen LogP contribution is 2.14. The highest BCUT2D eigenvalue weighted by atomic mass is 16.5. The molecule has 0 spiro atoms. The molecule has 30 heavy (non-hydrogen) atoms. The summed E-state index contributed by atoms with van der Waals surface area (Å²) in [7, 11) is 1.31. The van der Waals surface area contributed by atoms with Gasteiger partial charge in [0.25, 0.3) is 5.91 Å². The molecule has 1 atom stereocenters. The fourth-order valence-electron chi connectivity index (χ4n) is 2.69. The van der Waals surface area contributed by atoms with Gasteiger partial charge in [-0.05, 0) is 54.8 Å². The van der Waals surface area contributed by atoms with Crippen LogP contribution in [0, 0.1) is 5.92 Å². The van der Waals surface area contributed by atoms with Crippen molar-refractivity contribution in [2.45, 2.75) is 33.4 Å². The number of nitrogens with one attached hydrogen (secondary N) is 1. The molecule has 0 aliphatic carbocycles. The fourth-order valence-corrected chi connectivity index (χ4v) is 2.69. The highest BCUT2D eigenvalue weighted by Gasteiger charge is 2.26. The van der Waals surface area contributed by atoms with Gasteiger partial charge in [-0.15, -0.1) is 0 Å². The van der Waals surface area contributed by atoms with Crippen LogP contribution < -0.4 is 10.1 Å². The van der Waals surface area contributed by atoms with Gasteiger partial charge in [0.15, 0.2) is 0 Å². The second-order valence-corrected chi connectivity index (χ2v) is 6.95. The molecule has 0 aliphatic heterocycles. The number of ether oxygens (including phenoxy) is 3. The Balaban J connectivity index is 1.97. The van der Waals surface area contributed by atoms with Gasteiger partial charge < -0.3 is 19.5 Å². The van der Waals surface area contributed by atoms with Crippen molar-refractivity contribution in [3.8, 4) is 5.75 Å². The summed E-state index contributed by atoms with van der Waals surface area (Å²) < 4.78 is 15.4. The van der Waals surface area contributed by atoms with E-state index < -0.39 is 18.0 Å². The van der Waals surface area contributed by atoms with Gasteiger partial charge in [0, 0.05) is 5.56 Å². The first-order chi connectivity index (χ1) is 14.3. The van der Waals surface area contributed by atoms with Gasteiger partial charge >= 0.3 is 11.9 Å². The van der Waals surface area contributed by atoms with Gasteiger partial charge in [-0.3, -0.25) is 4.79 Å². The number of esters is 2. The maximum absolute atomic E-state index is 12.6. The van der Waals surface area contributed by atoms with E-state index in [4.69, 9.17) is 9.47 Å². The molecule has 0 fully saturated rings. The smallest absolute Gasteiger partial charge is 0.337 e. The maximum atomic E-state index is 12.6. The summed E-state index contributed by atoms with van der Waals surface area (Å²) in [5.41, 5.74) is 1.56. The lowest BCUT2D eigenvalue weighted by atomic mass is 10.0. The normalized spacial score (nSPS) is 11.5. The molecule has 160 valence electrons. The van der Waals surface area contributed by atoms with E-state index in [0.717, 1.165) is 5.56 Å². The number of hydrogen-bond donors (Lipinski definition) is 1. The van der Waals surface area contributed by atoms with E-state index in [1.807, 2.05) is 20.8 Å². The summed E-state index contributed by atoms with van der Waals surface area (Å²) in [5.74, 6) is -0.814. The summed E-state index contributed by atoms with van der Waals surface area (Å²) in [5, 5.41) is 2.74. The minimum atomic E-state index is -0.793. The lowest BCUT2D eigenvalue weighted by molar-refractivity contribution is -0.148. The number of carbonyl (C=O) groups is 3. The summed E-state index contributed by atoms with van der Waals surface area (Å²) in [4.78, 5) is 36.6. The van der Waals surface area contributed by atoms with E-state index in [2.05, 4.69) is 10.1 Å². The zero-order chi connectivity index (χ0) is 22.1. The van der Waals surface area contributed by atoms with Crippen LogP contribution in [0.3, 0.4) is 0 Å². The quantitative estimate of drug-likeness (QED) is 0.634. The number of methoxy groups -OCH3 is 1. The summed E-state index contributed by atoms with van der Waals surface area (Å²) in [6.45, 7) is 6.11. The molecule has 0 aliphatic rings. The number of benzene rings is 2. The van der Waals surface area contributed by atoms with Crippen molar-refractivity contribution in [3.63, 3.8) is 0 Å². The van der Waals surface area contributed by atoms with Crippen molar-refractivity contribution >= 4 is 17.8 Å². The SMILES string of the molecule is CCOc1ccc(C(=O)N[C@H](C(=O)OCc2ccc(C(=O)OC)cc2)C(C)C)cc1. The largest absolute Gasteiger partial charge is 0.494 e. The van der Waals surface area contributed by atoms with Crippen LogP contribution in [0.4, 0.5) is 0 Å². The number of hydrogen-bond acceptors (Lipinski definition) is 6. The van der Waals surface area contributed by atoms with Crippen LogP contribution in [0.15, 0.2) is 48.5 Å². The average molecular weight is 413 g/mol. The Hall–Kier alpha value is -3.35. The minimum Gasteiger partial charge on any atom is -0.494 e. The third-order valence-electron chi connectivity index (χ3n) is 4.39. The second-order valence-electron chi connectivity index (χ2n) is 6.95. The average Bonchev–Trinajstić information content (AvgIpc) is 2.76. The van der Waals surface area contributed by atoms with Gasteiger partial charge in [0.05, 0.1) is 19.3 Å². The predicted octanol–water partition coefficient (Wildman–Crippen LogP) is 3.37. The molecule has 0 unspecified atom stereocenters. The molecule has 2 aromatic rings. The van der Waals surface area contributed by atoms with Gasteiger partial charge in [-0.1, -0.05) is 26.0 Å². The Morgan fingerprint density at radius 1 is 0.933 bits per heavy atom. The molecule has 1 amide bonds. The molecule has 0 radical (unpaired) electrons. The van der Waals surface area contributed by atoms with Crippen LogP contribution in [0.5, 0.6) is 5.75 Å². The Morgan fingerprint density at radius 2 is 1.53 bits per heavy atom. The zero-order valence-corrected chi connectivity index (χ0v) is 17.6. The highest BCUT2D eigenvalue weighted by molar-refractivity contribution is 5.97. The molecular weight excluding hydrogens is 386 g/mol. The van der Waals surface area contributed by atoms with Crippen LogP contribution in [0.25, 0.3) is 0 Å². The molecule has 2 aromatic carbocycles. The van der Waals surface area contributed by atoms with Crippen molar-refractivity contribution < 1.29 is 28.6 Å². The van der Waals surface area contributed by atoms with Gasteiger partial charge in [-0.2, -0.15) is 0 Å². The Kier molecular flexibility index (Phi) is 8.41. The van der Waals surface area contributed by atoms with E-state index in [9.17, 15) is 14.4 Å². The van der Waals surface area contributed by atoms with Crippen molar-refractivity contribution in [1.82, 2.24) is 5.32 Å². The van der Waals surface area contributed by atoms with Crippen molar-refractivity contribution in [1.29, 1.82) is 0 Å². The first kappa shape index (κ1) is 22.9. The second kappa shape index (κ2) is 11.0. The van der Waals surface area contributed by atoms with Crippen LogP contribution in [-0.4, -0.2) is 37.6 Å². The van der Waals surface area contributed by atoms with E-state index in [-0.39, 0.29) is 18.4 Å². The summed E-state index contributed by atoms with van der Waals surface area (Å²) >= 11 is 0. The van der Waals surface area contributed by atoms with Crippen LogP contribution in [-0.2, 0) is 20.9 Å². The summed E-state index contributed by atoms with van der Waals surface area (Å²) in [6.07, 6.45) is 0. The van der Waals surface area contributed by atoms with E-state index in [0.29, 0.717) is 23.5 Å². The minimum absolute atomic E-state index is 0.0302. The molecule has 0 heterocycles. The van der Waals surface area contributed by atoms with Crippen molar-refractivity contribution in [2.24, 2.45) is 5.92 Å². The first-order valence-corrected chi connectivity index (χ1v) is 9.73. The number of carbonyl (C=O) groups excluding carboxylic acids is 3. The predicted molar refractivity (Wildman–Crippen MR) is 111 cm³/mol. The van der Waals surface area contributed by atoms with E-state index in [1.54, 1.807) is 48.5 Å². The number of rotatable bonds is 9. The third kappa shape index (κ3) is 6.34. The number of amides is 1. The molecule has 0 bridgehead atoms. The lowest BCUT2D eigenvalue weighted by Crippen LogP contribution is -2.45. The molecular formula is C23H27NO6. The maximum Gasteiger partial charge on any atom is 0.337 e. The Morgan fingerprint density at radius 3 is 2.07 bits per heavy atom. The zero-order valence-electron chi connectivity index (χ0n) is 17.6. The molecule has 7 nitrogen and oxygen atoms in total. The summed E-state index contributed by atoms with van der Waals surface area (Å²) in [6, 6.07) is 12.5. The topological polar surface area (TPSA) is 90.9 Å². The van der Waals surface area contributed by atoms with E-state index in [1.165, 1.54) is 7.11 Å². The molecule has 2 rings (SSSR count). The van der Waals surface area contributed by atoms with Crippen LogP contribution in [0.2, 0.25) is 0 Å². The van der Waals surface area contributed by atoms with Crippen molar-refractivity contribution in [3.05, 3.63) is 65.2 Å². The third-order valence-corrected chi connectivity index (χ3v) is 4.39. The lowest BCUT2D eigenvalue weighted by Gasteiger charge is -2.21. The van der Waals surface area contributed by atoms with Gasteiger partial charge in [-0.25, -0.2) is 9.59 Å². The molecule has 1 N–H and O–H groups in total. The molecule has 7 heteroatoms. The fraction of sp³-hybridized carbons (Fsp3) is 0.348. The molecule has 0 saturated heterocycles. The molecule has 0 saturated carbocycles. The van der Waals surface area contributed by atoms with Crippen LogP contribution >= 0.6 is 0 Å². The monoisotopic (exact) mass is 413 g/mol. The Labute approximate surface area is 176 Å². The Bertz CT molecular complexity index is 858. The van der Waals surface area contributed by atoms with Gasteiger partial charge in [0.2, 0.25) is 0 Å². The van der Waals surface area contributed by atoms with Crippen LogP contribution in [0.1, 0.15) is 47.1 Å².